The van der Waals surface area contributed by atoms with Crippen molar-refractivity contribution in [3.05, 3.63) is 79.5 Å². The topological polar surface area (TPSA) is 56.6 Å². The second-order valence-electron chi connectivity index (χ2n) is 7.04. The highest BCUT2D eigenvalue weighted by atomic mass is 79.9. The standard InChI is InChI=1S/C22H21BrN2O/c1-4-16-10-17-5-6-18(11-20(17)25-21(16)26)22(3,13-24)12-15-7-14(2)8-19(23)9-15/h5-11H,4,12H2,1-3H3,(H,25,26). The van der Waals surface area contributed by atoms with Crippen LogP contribution in [0.3, 0.4) is 0 Å². The lowest BCUT2D eigenvalue weighted by molar-refractivity contribution is 0.606. The van der Waals surface area contributed by atoms with Crippen LogP contribution in [0.15, 0.2) is 51.7 Å². The van der Waals surface area contributed by atoms with Gasteiger partial charge < -0.3 is 4.98 Å². The van der Waals surface area contributed by atoms with Gasteiger partial charge in [-0.2, -0.15) is 5.26 Å². The second-order valence-corrected chi connectivity index (χ2v) is 7.95. The molecule has 3 rings (SSSR count). The Morgan fingerprint density at radius 3 is 2.62 bits per heavy atom. The fourth-order valence-corrected chi connectivity index (χ4v) is 4.04. The molecular weight excluding hydrogens is 388 g/mol. The molecule has 132 valence electrons. The Hall–Kier alpha value is -2.38. The van der Waals surface area contributed by atoms with Crippen molar-refractivity contribution in [1.29, 1.82) is 5.26 Å². The number of pyridine rings is 1. The number of hydrogen-bond donors (Lipinski definition) is 1. The van der Waals surface area contributed by atoms with Gasteiger partial charge in [0.15, 0.2) is 0 Å². The van der Waals surface area contributed by atoms with Gasteiger partial charge in [0.05, 0.1) is 11.5 Å². The van der Waals surface area contributed by atoms with E-state index in [0.29, 0.717) is 12.8 Å². The zero-order valence-electron chi connectivity index (χ0n) is 15.2. The summed E-state index contributed by atoms with van der Waals surface area (Å²) in [5.74, 6) is 0. The third-order valence-corrected chi connectivity index (χ3v) is 5.31. The van der Waals surface area contributed by atoms with Crippen molar-refractivity contribution >= 4 is 26.8 Å². The molecule has 1 atom stereocenters. The summed E-state index contributed by atoms with van der Waals surface area (Å²) in [6.07, 6.45) is 1.30. The van der Waals surface area contributed by atoms with Crippen molar-refractivity contribution in [2.45, 2.75) is 39.0 Å². The lowest BCUT2D eigenvalue weighted by Crippen LogP contribution is -2.23. The summed E-state index contributed by atoms with van der Waals surface area (Å²) in [5.41, 5.74) is 3.99. The third-order valence-electron chi connectivity index (χ3n) is 4.85. The van der Waals surface area contributed by atoms with Gasteiger partial charge in [0.2, 0.25) is 0 Å². The number of aryl methyl sites for hydroxylation is 2. The smallest absolute Gasteiger partial charge is 0.251 e. The Morgan fingerprint density at radius 1 is 1.19 bits per heavy atom. The summed E-state index contributed by atoms with van der Waals surface area (Å²) in [6, 6.07) is 16.5. The van der Waals surface area contributed by atoms with Gasteiger partial charge in [0, 0.05) is 15.6 Å². The molecule has 0 amide bonds. The van der Waals surface area contributed by atoms with E-state index in [2.05, 4.69) is 45.2 Å². The lowest BCUT2D eigenvalue weighted by atomic mass is 9.78. The quantitative estimate of drug-likeness (QED) is 0.645. The van der Waals surface area contributed by atoms with Crippen molar-refractivity contribution in [2.24, 2.45) is 0 Å². The van der Waals surface area contributed by atoms with Crippen LogP contribution in [0.5, 0.6) is 0 Å². The fourth-order valence-electron chi connectivity index (χ4n) is 3.38. The molecule has 4 heteroatoms. The van der Waals surface area contributed by atoms with Crippen molar-refractivity contribution in [1.82, 2.24) is 4.98 Å². The summed E-state index contributed by atoms with van der Waals surface area (Å²) < 4.78 is 1.02. The second kappa shape index (κ2) is 7.09. The zero-order valence-corrected chi connectivity index (χ0v) is 16.8. The summed E-state index contributed by atoms with van der Waals surface area (Å²) in [6.45, 7) is 5.96. The maximum Gasteiger partial charge on any atom is 0.251 e. The van der Waals surface area contributed by atoms with E-state index in [1.54, 1.807) is 0 Å². The van der Waals surface area contributed by atoms with Gasteiger partial charge in [0.25, 0.3) is 5.56 Å². The number of nitrogens with one attached hydrogen (secondary N) is 1. The molecule has 1 heterocycles. The monoisotopic (exact) mass is 408 g/mol. The molecule has 0 aliphatic heterocycles. The summed E-state index contributed by atoms with van der Waals surface area (Å²) >= 11 is 3.53. The van der Waals surface area contributed by atoms with Crippen LogP contribution in [0, 0.1) is 18.3 Å². The van der Waals surface area contributed by atoms with Crippen LogP contribution in [-0.2, 0) is 18.3 Å². The molecule has 0 saturated carbocycles. The Balaban J connectivity index is 2.06. The van der Waals surface area contributed by atoms with E-state index in [-0.39, 0.29) is 5.56 Å². The average molecular weight is 409 g/mol. The number of benzene rings is 2. The van der Waals surface area contributed by atoms with E-state index in [0.717, 1.165) is 37.6 Å². The van der Waals surface area contributed by atoms with Gasteiger partial charge in [-0.1, -0.05) is 41.1 Å². The fraction of sp³-hybridized carbons (Fsp3) is 0.273. The molecular formula is C22H21BrN2O. The maximum atomic E-state index is 12.1. The number of nitriles is 1. The minimum absolute atomic E-state index is 0.0570. The molecule has 0 aliphatic carbocycles. The highest BCUT2D eigenvalue weighted by Gasteiger charge is 2.27. The Kier molecular flexibility index (Phi) is 5.02. The molecule has 0 fully saturated rings. The average Bonchev–Trinajstić information content (AvgIpc) is 2.59. The molecule has 1 N–H and O–H groups in total. The molecule has 0 saturated heterocycles. The van der Waals surface area contributed by atoms with Crippen molar-refractivity contribution < 1.29 is 0 Å². The van der Waals surface area contributed by atoms with Crippen LogP contribution in [0.25, 0.3) is 10.9 Å². The number of H-pyrrole nitrogens is 1. The number of aromatic amines is 1. The molecule has 0 aliphatic rings. The molecule has 1 aromatic heterocycles. The summed E-state index contributed by atoms with van der Waals surface area (Å²) in [5, 5.41) is 10.9. The van der Waals surface area contributed by atoms with E-state index in [4.69, 9.17) is 0 Å². The van der Waals surface area contributed by atoms with Gasteiger partial charge in [-0.15, -0.1) is 0 Å². The SMILES string of the molecule is CCc1cc2ccc(C(C)(C#N)Cc3cc(C)cc(Br)c3)cc2[nH]c1=O. The van der Waals surface area contributed by atoms with E-state index >= 15 is 0 Å². The first-order valence-corrected chi connectivity index (χ1v) is 9.47. The highest BCUT2D eigenvalue weighted by molar-refractivity contribution is 9.10. The number of fused-ring (bicyclic) bond motifs is 1. The number of halogens is 1. The molecule has 0 spiro atoms. The van der Waals surface area contributed by atoms with E-state index in [1.165, 1.54) is 0 Å². The van der Waals surface area contributed by atoms with Crippen LogP contribution in [-0.4, -0.2) is 4.98 Å². The van der Waals surface area contributed by atoms with Gasteiger partial charge in [-0.3, -0.25) is 4.79 Å². The Morgan fingerprint density at radius 2 is 1.96 bits per heavy atom. The molecule has 2 aromatic carbocycles. The van der Waals surface area contributed by atoms with Crippen LogP contribution in [0.4, 0.5) is 0 Å². The largest absolute Gasteiger partial charge is 0.322 e. The van der Waals surface area contributed by atoms with E-state index in [1.807, 2.05) is 45.0 Å². The van der Waals surface area contributed by atoms with Crippen LogP contribution in [0.1, 0.15) is 36.1 Å². The normalized spacial score (nSPS) is 13.3. The molecule has 26 heavy (non-hydrogen) atoms. The molecule has 0 bridgehead atoms. The Labute approximate surface area is 161 Å². The first-order chi connectivity index (χ1) is 12.3. The highest BCUT2D eigenvalue weighted by Crippen LogP contribution is 2.31. The number of rotatable bonds is 4. The van der Waals surface area contributed by atoms with Crippen molar-refractivity contribution in [3.63, 3.8) is 0 Å². The predicted molar refractivity (Wildman–Crippen MR) is 109 cm³/mol. The van der Waals surface area contributed by atoms with Crippen molar-refractivity contribution in [2.75, 3.05) is 0 Å². The molecule has 1 unspecified atom stereocenters. The molecule has 3 nitrogen and oxygen atoms in total. The summed E-state index contributed by atoms with van der Waals surface area (Å²) in [7, 11) is 0. The third kappa shape index (κ3) is 3.59. The van der Waals surface area contributed by atoms with Gasteiger partial charge >= 0.3 is 0 Å². The van der Waals surface area contributed by atoms with E-state index < -0.39 is 5.41 Å². The lowest BCUT2D eigenvalue weighted by Gasteiger charge is -2.23. The van der Waals surface area contributed by atoms with Gasteiger partial charge in [-0.05, 0) is 73.0 Å². The Bertz CT molecular complexity index is 1060. The van der Waals surface area contributed by atoms with Gasteiger partial charge in [0.1, 0.15) is 0 Å². The number of nitrogens with zero attached hydrogens (tertiary/aromatic N) is 1. The first-order valence-electron chi connectivity index (χ1n) is 8.68. The van der Waals surface area contributed by atoms with E-state index in [9.17, 15) is 10.1 Å². The zero-order chi connectivity index (χ0) is 18.9. The molecule has 3 aromatic rings. The van der Waals surface area contributed by atoms with Crippen LogP contribution >= 0.6 is 15.9 Å². The van der Waals surface area contributed by atoms with Gasteiger partial charge in [-0.25, -0.2) is 0 Å². The molecule has 0 radical (unpaired) electrons. The maximum absolute atomic E-state index is 12.1. The minimum atomic E-state index is -0.679. The summed E-state index contributed by atoms with van der Waals surface area (Å²) in [4.78, 5) is 15.1. The van der Waals surface area contributed by atoms with Crippen molar-refractivity contribution in [3.8, 4) is 6.07 Å². The first kappa shape index (κ1) is 18.4. The van der Waals surface area contributed by atoms with Crippen LogP contribution < -0.4 is 5.56 Å². The minimum Gasteiger partial charge on any atom is -0.322 e. The van der Waals surface area contributed by atoms with Crippen LogP contribution in [0.2, 0.25) is 0 Å². The predicted octanol–water partition coefficient (Wildman–Crippen LogP) is 5.19. The number of aromatic nitrogens is 1. The number of hydrogen-bond acceptors (Lipinski definition) is 2.